The van der Waals surface area contributed by atoms with E-state index in [9.17, 15) is 4.79 Å². The first-order chi connectivity index (χ1) is 10.3. The molecule has 2 aliphatic carbocycles. The van der Waals surface area contributed by atoms with Crippen molar-refractivity contribution in [3.63, 3.8) is 0 Å². The van der Waals surface area contributed by atoms with Gasteiger partial charge in [0.15, 0.2) is 0 Å². The van der Waals surface area contributed by atoms with E-state index in [1.54, 1.807) is 18.4 Å². The van der Waals surface area contributed by atoms with Crippen LogP contribution in [0.15, 0.2) is 24.3 Å². The van der Waals surface area contributed by atoms with Gasteiger partial charge in [-0.2, -0.15) is 17.7 Å². The second-order valence-electron chi connectivity index (χ2n) is 5.50. The third-order valence-electron chi connectivity index (χ3n) is 3.67. The summed E-state index contributed by atoms with van der Waals surface area (Å²) in [4.78, 5) is 9.99. The van der Waals surface area contributed by atoms with E-state index in [2.05, 4.69) is 13.2 Å². The molecule has 1 aromatic rings. The molecule has 0 atom stereocenters. The van der Waals surface area contributed by atoms with Crippen LogP contribution >= 0.6 is 13.2 Å². The van der Waals surface area contributed by atoms with Crippen LogP contribution in [-0.2, 0) is 23.1 Å². The van der Waals surface area contributed by atoms with Gasteiger partial charge in [0.05, 0.1) is 6.29 Å². The molecule has 3 rings (SSSR count). The van der Waals surface area contributed by atoms with Gasteiger partial charge in [0, 0.05) is 0 Å². The van der Waals surface area contributed by atoms with Gasteiger partial charge in [-0.25, -0.2) is 0 Å². The molecule has 0 unspecified atom stereocenters. The number of aryl methyl sites for hydroxylation is 1. The van der Waals surface area contributed by atoms with E-state index in [1.807, 2.05) is 37.4 Å². The van der Waals surface area contributed by atoms with Crippen molar-refractivity contribution in [1.82, 2.24) is 0 Å². The third-order valence-corrected chi connectivity index (χ3v) is 3.67. The molecule has 0 bridgehead atoms. The van der Waals surface area contributed by atoms with Crippen LogP contribution in [0.3, 0.4) is 0 Å². The number of halogens is 1. The van der Waals surface area contributed by atoms with Gasteiger partial charge < -0.3 is 4.79 Å². The summed E-state index contributed by atoms with van der Waals surface area (Å²) in [5.41, 5.74) is 1.77. The first-order valence-electron chi connectivity index (χ1n) is 7.96. The number of rotatable bonds is 1. The summed E-state index contributed by atoms with van der Waals surface area (Å²) in [5.74, 6) is 0. The summed E-state index contributed by atoms with van der Waals surface area (Å²) in [6.45, 7) is 1.98. The predicted molar refractivity (Wildman–Crippen MR) is 91.1 cm³/mol. The van der Waals surface area contributed by atoms with Gasteiger partial charge in [0.2, 0.25) is 0 Å². The van der Waals surface area contributed by atoms with Crippen LogP contribution in [0.5, 0.6) is 0 Å². The predicted octanol–water partition coefficient (Wildman–Crippen LogP) is 6.20. The van der Waals surface area contributed by atoms with Crippen LogP contribution in [0.25, 0.3) is 0 Å². The first-order valence-corrected chi connectivity index (χ1v) is 11.8. The van der Waals surface area contributed by atoms with Crippen molar-refractivity contribution in [2.75, 3.05) is 0 Å². The molecule has 0 spiro atoms. The van der Waals surface area contributed by atoms with Crippen LogP contribution in [0.4, 0.5) is 0 Å². The molecule has 0 heterocycles. The molecule has 0 N–H and O–H groups in total. The Balaban J connectivity index is 0.000000286. The van der Waals surface area contributed by atoms with Gasteiger partial charge in [0.1, 0.15) is 0 Å². The molecule has 2 aliphatic rings. The summed E-state index contributed by atoms with van der Waals surface area (Å²) in [5, 5.41) is 0. The van der Waals surface area contributed by atoms with Gasteiger partial charge in [-0.3, -0.25) is 0 Å². The summed E-state index contributed by atoms with van der Waals surface area (Å²) in [6, 6.07) is 7.28. The molecule has 0 amide bonds. The van der Waals surface area contributed by atoms with Gasteiger partial charge in [0.25, 0.3) is 0 Å². The van der Waals surface area contributed by atoms with Crippen LogP contribution in [0, 0.1) is 6.92 Å². The maximum absolute atomic E-state index is 9.99. The third kappa shape index (κ3) is 13.5. The molecule has 3 heteroatoms. The zero-order valence-electron chi connectivity index (χ0n) is 13.2. The van der Waals surface area contributed by atoms with Gasteiger partial charge in [-0.1, -0.05) is 69.8 Å². The van der Waals surface area contributed by atoms with E-state index in [1.165, 1.54) is 64.2 Å². The average molecular weight is 387 g/mol. The molecule has 2 fully saturated rings. The fourth-order valence-corrected chi connectivity index (χ4v) is 2.39. The molecule has 1 aromatic carbocycles. The monoisotopic (exact) mass is 386 g/mol. The zero-order valence-corrected chi connectivity index (χ0v) is 16.3. The fraction of sp³-hybridized carbons (Fsp3) is 0.611. The molecule has 0 saturated heterocycles. The van der Waals surface area contributed by atoms with Crippen molar-refractivity contribution in [2.24, 2.45) is 0 Å². The molecule has 0 radical (unpaired) electrons. The van der Waals surface area contributed by atoms with E-state index in [0.29, 0.717) is 5.56 Å². The quantitative estimate of drug-likeness (QED) is 0.414. The number of benzene rings is 1. The van der Waals surface area contributed by atoms with Gasteiger partial charge in [-0.15, -0.1) is 12.1 Å². The van der Waals surface area contributed by atoms with Crippen LogP contribution in [-0.4, -0.2) is 6.29 Å². The Hall–Kier alpha value is 0.0843. The normalized spacial score (nSPS) is 15.6. The summed E-state index contributed by atoms with van der Waals surface area (Å²) < 4.78 is 0. The Morgan fingerprint density at radius 2 is 1.05 bits per heavy atom. The van der Waals surface area contributed by atoms with E-state index in [-0.39, 0.29) is 0 Å². The second kappa shape index (κ2) is 16.5. The SMILES string of the molecule is C1CCCC1.C1CCCC1.Cc1ccc([C-]=O)cc1.[Ti+3][Br]. The molecular weight excluding hydrogens is 360 g/mol. The Morgan fingerprint density at radius 1 is 0.762 bits per heavy atom. The van der Waals surface area contributed by atoms with Crippen molar-refractivity contribution >= 4 is 19.4 Å². The molecular formula is C18H27BrOTi+2. The molecule has 0 aromatic heterocycles. The molecule has 21 heavy (non-hydrogen) atoms. The Morgan fingerprint density at radius 3 is 1.29 bits per heavy atom. The molecule has 1 nitrogen and oxygen atoms in total. The molecule has 2 saturated carbocycles. The fourth-order valence-electron chi connectivity index (χ4n) is 2.39. The molecule has 0 aliphatic heterocycles. The van der Waals surface area contributed by atoms with Crippen molar-refractivity contribution in [1.29, 1.82) is 0 Å². The Labute approximate surface area is 148 Å². The second-order valence-corrected chi connectivity index (χ2v) is 5.50. The van der Waals surface area contributed by atoms with Crippen molar-refractivity contribution in [2.45, 2.75) is 71.1 Å². The minimum absolute atomic E-state index is 0.612. The Bertz CT molecular complexity index is 304. The standard InChI is InChI=1S/C8H7O.2C5H10.BrH.Ti/c1-7-2-4-8(6-9)5-3-7;2*1-2-4-5-3-1;;/h2-5H,1H3;2*1-5H2;1H;/q-1;;;;+4/p-1. The van der Waals surface area contributed by atoms with Crippen molar-refractivity contribution in [3.8, 4) is 0 Å². The van der Waals surface area contributed by atoms with Crippen molar-refractivity contribution in [3.05, 3.63) is 35.4 Å². The van der Waals surface area contributed by atoms with Crippen LogP contribution < -0.4 is 0 Å². The van der Waals surface area contributed by atoms with Crippen LogP contribution in [0.1, 0.15) is 75.3 Å². The molecule has 114 valence electrons. The van der Waals surface area contributed by atoms with E-state index in [0.717, 1.165) is 5.56 Å². The topological polar surface area (TPSA) is 17.1 Å². The van der Waals surface area contributed by atoms with E-state index >= 15 is 0 Å². The maximum atomic E-state index is 9.99. The van der Waals surface area contributed by atoms with Gasteiger partial charge in [-0.05, 0) is 6.92 Å². The average Bonchev–Trinajstić information content (AvgIpc) is 3.28. The summed E-state index contributed by atoms with van der Waals surface area (Å²) in [7, 11) is 0. The summed E-state index contributed by atoms with van der Waals surface area (Å²) in [6.07, 6.45) is 16.8. The van der Waals surface area contributed by atoms with Crippen LogP contribution in [0.2, 0.25) is 0 Å². The summed E-state index contributed by atoms with van der Waals surface area (Å²) >= 11 is 4.75. The van der Waals surface area contributed by atoms with Gasteiger partial charge >= 0.3 is 31.5 Å². The number of hydrogen-bond donors (Lipinski definition) is 0. The zero-order chi connectivity index (χ0) is 15.8. The first kappa shape index (κ1) is 21.1. The van der Waals surface area contributed by atoms with Crippen molar-refractivity contribution < 1.29 is 23.1 Å². The number of hydrogen-bond acceptors (Lipinski definition) is 1. The van der Waals surface area contributed by atoms with E-state index < -0.39 is 0 Å². The van der Waals surface area contributed by atoms with E-state index in [4.69, 9.17) is 0 Å². The Kier molecular flexibility index (Phi) is 16.5. The minimum atomic E-state index is 0.612. The number of carbonyl (C=O) groups excluding carboxylic acids is 1.